The van der Waals surface area contributed by atoms with Crippen LogP contribution in [-0.2, 0) is 0 Å². The number of hydrogen-bond acceptors (Lipinski definition) is 6. The fraction of sp³-hybridized carbons (Fsp3) is 0.208. The number of aromatic nitrogens is 1. The monoisotopic (exact) mass is 486 g/mol. The standard InChI is InChI=1S/C24H21F3N4O4/c1-23(2,3)34-17-11-8-15(9-12-17)30-22(32)31-18-13-10-16(14-28)29-21(18)33-19-6-4-5-7-20(19)35-24(25,26)27/h4-13H,1-3H3,(H2,30,31,32). The van der Waals surface area contributed by atoms with E-state index in [0.717, 1.165) is 6.07 Å². The zero-order chi connectivity index (χ0) is 25.6. The fourth-order valence-electron chi connectivity index (χ4n) is 2.77. The summed E-state index contributed by atoms with van der Waals surface area (Å²) in [6.07, 6.45) is -4.95. The molecular formula is C24H21F3N4O4. The first-order chi connectivity index (χ1) is 16.4. The molecule has 3 aromatic rings. The number of nitrogens with zero attached hydrogens (tertiary/aromatic N) is 2. The van der Waals surface area contributed by atoms with E-state index in [-0.39, 0.29) is 28.6 Å². The molecule has 11 heteroatoms. The molecule has 8 nitrogen and oxygen atoms in total. The summed E-state index contributed by atoms with van der Waals surface area (Å²) in [6, 6.07) is 15.5. The molecule has 2 aromatic carbocycles. The Morgan fingerprint density at radius 1 is 0.914 bits per heavy atom. The summed E-state index contributed by atoms with van der Waals surface area (Å²) in [7, 11) is 0. The predicted octanol–water partition coefficient (Wildman–Crippen LogP) is 6.47. The van der Waals surface area contributed by atoms with Crippen molar-refractivity contribution in [3.05, 3.63) is 66.4 Å². The number of carbonyl (C=O) groups is 1. The number of carbonyl (C=O) groups excluding carboxylic acids is 1. The number of para-hydroxylation sites is 2. The van der Waals surface area contributed by atoms with Gasteiger partial charge in [-0.15, -0.1) is 13.2 Å². The number of hydrogen-bond donors (Lipinski definition) is 2. The Morgan fingerprint density at radius 2 is 1.57 bits per heavy atom. The number of urea groups is 1. The van der Waals surface area contributed by atoms with E-state index in [9.17, 15) is 18.0 Å². The van der Waals surface area contributed by atoms with Crippen LogP contribution in [0.3, 0.4) is 0 Å². The first-order valence-electron chi connectivity index (χ1n) is 10.2. The van der Waals surface area contributed by atoms with Gasteiger partial charge in [0.15, 0.2) is 11.5 Å². The lowest BCUT2D eigenvalue weighted by Crippen LogP contribution is -2.23. The van der Waals surface area contributed by atoms with E-state index < -0.39 is 18.1 Å². The first kappa shape index (κ1) is 25.2. The molecule has 2 amide bonds. The number of halogens is 3. The summed E-state index contributed by atoms with van der Waals surface area (Å²) >= 11 is 0. The third kappa shape index (κ3) is 7.82. The molecule has 0 bridgehead atoms. The van der Waals surface area contributed by atoms with Gasteiger partial charge in [0.25, 0.3) is 0 Å². The SMILES string of the molecule is CC(C)(C)Oc1ccc(NC(=O)Nc2ccc(C#N)nc2Oc2ccccc2OC(F)(F)F)cc1. The average molecular weight is 486 g/mol. The predicted molar refractivity (Wildman–Crippen MR) is 122 cm³/mol. The van der Waals surface area contributed by atoms with Crippen LogP contribution in [0.4, 0.5) is 29.3 Å². The van der Waals surface area contributed by atoms with Crippen LogP contribution in [0.25, 0.3) is 0 Å². The van der Waals surface area contributed by atoms with Crippen molar-refractivity contribution >= 4 is 17.4 Å². The van der Waals surface area contributed by atoms with Crippen LogP contribution in [0.2, 0.25) is 0 Å². The number of pyridine rings is 1. The Hall–Kier alpha value is -4.46. The number of alkyl halides is 3. The lowest BCUT2D eigenvalue weighted by molar-refractivity contribution is -0.275. The van der Waals surface area contributed by atoms with E-state index in [2.05, 4.69) is 20.4 Å². The van der Waals surface area contributed by atoms with Crippen LogP contribution in [0.5, 0.6) is 23.1 Å². The van der Waals surface area contributed by atoms with Crippen LogP contribution in [-0.4, -0.2) is 23.0 Å². The number of nitriles is 1. The van der Waals surface area contributed by atoms with E-state index in [1.165, 1.54) is 30.3 Å². The number of rotatable bonds is 6. The van der Waals surface area contributed by atoms with Gasteiger partial charge >= 0.3 is 12.4 Å². The Balaban J connectivity index is 1.78. The average Bonchev–Trinajstić information content (AvgIpc) is 2.75. The molecule has 1 aromatic heterocycles. The Kier molecular flexibility index (Phi) is 7.34. The van der Waals surface area contributed by atoms with Gasteiger partial charge in [0.2, 0.25) is 5.88 Å². The molecule has 0 spiro atoms. The number of benzene rings is 2. The van der Waals surface area contributed by atoms with Crippen molar-refractivity contribution in [2.45, 2.75) is 32.7 Å². The molecule has 0 aliphatic carbocycles. The van der Waals surface area contributed by atoms with Crippen LogP contribution in [0.15, 0.2) is 60.7 Å². The highest BCUT2D eigenvalue weighted by Gasteiger charge is 2.32. The van der Waals surface area contributed by atoms with Crippen molar-refractivity contribution in [3.8, 4) is 29.2 Å². The number of anilines is 2. The minimum absolute atomic E-state index is 0.0102. The number of nitrogens with one attached hydrogen (secondary N) is 2. The molecular weight excluding hydrogens is 465 g/mol. The van der Waals surface area contributed by atoms with E-state index in [1.807, 2.05) is 20.8 Å². The van der Waals surface area contributed by atoms with Crippen molar-refractivity contribution in [1.82, 2.24) is 4.98 Å². The zero-order valence-electron chi connectivity index (χ0n) is 18.9. The molecule has 182 valence electrons. The van der Waals surface area contributed by atoms with Gasteiger partial charge in [0, 0.05) is 5.69 Å². The van der Waals surface area contributed by atoms with E-state index in [0.29, 0.717) is 11.4 Å². The molecule has 0 unspecified atom stereocenters. The minimum Gasteiger partial charge on any atom is -0.488 e. The Bertz CT molecular complexity index is 1230. The van der Waals surface area contributed by atoms with Gasteiger partial charge in [-0.1, -0.05) is 12.1 Å². The number of amides is 2. The topological polar surface area (TPSA) is 106 Å². The molecule has 35 heavy (non-hydrogen) atoms. The third-order valence-corrected chi connectivity index (χ3v) is 4.04. The number of ether oxygens (including phenoxy) is 3. The lowest BCUT2D eigenvalue weighted by Gasteiger charge is -2.21. The van der Waals surface area contributed by atoms with Crippen molar-refractivity contribution in [3.63, 3.8) is 0 Å². The fourth-order valence-corrected chi connectivity index (χ4v) is 2.77. The highest BCUT2D eigenvalue weighted by molar-refractivity contribution is 6.00. The van der Waals surface area contributed by atoms with Gasteiger partial charge in [-0.05, 0) is 69.3 Å². The maximum atomic E-state index is 12.7. The van der Waals surface area contributed by atoms with Gasteiger partial charge in [0.05, 0.1) is 0 Å². The summed E-state index contributed by atoms with van der Waals surface area (Å²) < 4.78 is 53.4. The van der Waals surface area contributed by atoms with Gasteiger partial charge in [-0.2, -0.15) is 5.26 Å². The third-order valence-electron chi connectivity index (χ3n) is 4.04. The second kappa shape index (κ2) is 10.2. The Labute approximate surface area is 199 Å². The molecule has 3 rings (SSSR count). The maximum absolute atomic E-state index is 12.7. The van der Waals surface area contributed by atoms with Crippen molar-refractivity contribution < 1.29 is 32.2 Å². The molecule has 0 radical (unpaired) electrons. The van der Waals surface area contributed by atoms with Gasteiger partial charge < -0.3 is 24.8 Å². The molecule has 2 N–H and O–H groups in total. The molecule has 0 aliphatic heterocycles. The summed E-state index contributed by atoms with van der Waals surface area (Å²) in [6.45, 7) is 5.72. The van der Waals surface area contributed by atoms with Crippen LogP contribution >= 0.6 is 0 Å². The lowest BCUT2D eigenvalue weighted by atomic mass is 10.2. The largest absolute Gasteiger partial charge is 0.573 e. The van der Waals surface area contributed by atoms with Crippen molar-refractivity contribution in [2.24, 2.45) is 0 Å². The Morgan fingerprint density at radius 3 is 2.17 bits per heavy atom. The van der Waals surface area contributed by atoms with Crippen molar-refractivity contribution in [2.75, 3.05) is 10.6 Å². The summed E-state index contributed by atoms with van der Waals surface area (Å²) in [5, 5.41) is 14.3. The second-order valence-electron chi connectivity index (χ2n) is 8.08. The normalized spacial score (nSPS) is 11.2. The summed E-state index contributed by atoms with van der Waals surface area (Å²) in [4.78, 5) is 16.5. The molecule has 0 saturated carbocycles. The van der Waals surface area contributed by atoms with Crippen molar-refractivity contribution in [1.29, 1.82) is 5.26 Å². The maximum Gasteiger partial charge on any atom is 0.573 e. The highest BCUT2D eigenvalue weighted by Crippen LogP contribution is 2.36. The molecule has 0 saturated heterocycles. The second-order valence-corrected chi connectivity index (χ2v) is 8.08. The van der Waals surface area contributed by atoms with Gasteiger partial charge in [-0.3, -0.25) is 0 Å². The zero-order valence-corrected chi connectivity index (χ0v) is 18.9. The summed E-state index contributed by atoms with van der Waals surface area (Å²) in [5.41, 5.74) is 0.0112. The van der Waals surface area contributed by atoms with Gasteiger partial charge in [-0.25, -0.2) is 9.78 Å². The first-order valence-corrected chi connectivity index (χ1v) is 10.2. The molecule has 1 heterocycles. The van der Waals surface area contributed by atoms with E-state index in [1.54, 1.807) is 30.3 Å². The smallest absolute Gasteiger partial charge is 0.488 e. The van der Waals surface area contributed by atoms with Gasteiger partial charge in [0.1, 0.15) is 28.8 Å². The van der Waals surface area contributed by atoms with Crippen LogP contribution in [0.1, 0.15) is 26.5 Å². The minimum atomic E-state index is -4.95. The molecule has 0 fully saturated rings. The van der Waals surface area contributed by atoms with Crippen LogP contribution in [0, 0.1) is 11.3 Å². The van der Waals surface area contributed by atoms with E-state index in [4.69, 9.17) is 14.7 Å². The van der Waals surface area contributed by atoms with Crippen LogP contribution < -0.4 is 24.8 Å². The summed E-state index contributed by atoms with van der Waals surface area (Å²) in [5.74, 6) is -0.607. The molecule has 0 atom stereocenters. The van der Waals surface area contributed by atoms with E-state index >= 15 is 0 Å². The quantitative estimate of drug-likeness (QED) is 0.414. The molecule has 0 aliphatic rings. The highest BCUT2D eigenvalue weighted by atomic mass is 19.4.